The maximum Gasteiger partial charge on any atom is 0.333 e. The number of methoxy groups -OCH3 is 1. The van der Waals surface area contributed by atoms with Gasteiger partial charge in [0.15, 0.2) is 6.04 Å². The molecule has 6 heteroatoms. The molecule has 0 aromatic heterocycles. The number of hydrogen-bond acceptors (Lipinski definition) is 4. The number of carboxylic acid groups (broad SMARTS) is 1. The molecular formula is C15H19NO5. The van der Waals surface area contributed by atoms with Gasteiger partial charge in [0, 0.05) is 12.8 Å². The summed E-state index contributed by atoms with van der Waals surface area (Å²) in [5.74, 6) is -2.22. The van der Waals surface area contributed by atoms with E-state index in [1.807, 2.05) is 0 Å². The summed E-state index contributed by atoms with van der Waals surface area (Å²) in [5, 5.41) is 11.3. The van der Waals surface area contributed by atoms with Gasteiger partial charge < -0.3 is 15.2 Å². The largest absolute Gasteiger partial charge is 0.481 e. The molecule has 1 rings (SSSR count). The molecule has 114 valence electrons. The maximum absolute atomic E-state index is 11.9. The molecule has 2 unspecified atom stereocenters. The predicted molar refractivity (Wildman–Crippen MR) is 75.4 cm³/mol. The van der Waals surface area contributed by atoms with Crippen LogP contribution in [-0.4, -0.2) is 30.1 Å². The van der Waals surface area contributed by atoms with Crippen molar-refractivity contribution in [2.75, 3.05) is 7.11 Å². The number of benzene rings is 1. The number of aliphatic carboxylic acids is 1. The second-order valence-electron chi connectivity index (χ2n) is 4.84. The minimum Gasteiger partial charge on any atom is -0.481 e. The van der Waals surface area contributed by atoms with Crippen molar-refractivity contribution in [3.8, 4) is 0 Å². The monoisotopic (exact) mass is 293 g/mol. The third-order valence-electron chi connectivity index (χ3n) is 2.93. The van der Waals surface area contributed by atoms with Crippen LogP contribution < -0.4 is 5.32 Å². The van der Waals surface area contributed by atoms with Crippen LogP contribution in [0.4, 0.5) is 0 Å². The number of carbonyl (C=O) groups is 3. The lowest BCUT2D eigenvalue weighted by molar-refractivity contribution is -0.145. The topological polar surface area (TPSA) is 92.7 Å². The summed E-state index contributed by atoms with van der Waals surface area (Å²) in [4.78, 5) is 34.3. The zero-order valence-electron chi connectivity index (χ0n) is 12.0. The molecule has 0 aliphatic rings. The first-order valence-corrected chi connectivity index (χ1v) is 6.58. The van der Waals surface area contributed by atoms with Gasteiger partial charge in [-0.3, -0.25) is 9.59 Å². The molecule has 0 radical (unpaired) electrons. The van der Waals surface area contributed by atoms with Crippen LogP contribution in [0.1, 0.15) is 31.4 Å². The standard InChI is InChI=1S/C15H19NO5/c1-10(9-13(18)19)8-12(17)16-14(15(20)21-2)11-6-4-3-5-7-11/h3-7,10,14H,8-9H2,1-2H3,(H,16,17)(H,18,19). The van der Waals surface area contributed by atoms with Crippen molar-refractivity contribution in [1.82, 2.24) is 5.32 Å². The summed E-state index contributed by atoms with van der Waals surface area (Å²) in [7, 11) is 1.25. The van der Waals surface area contributed by atoms with Crippen molar-refractivity contribution in [3.05, 3.63) is 35.9 Å². The molecule has 0 saturated heterocycles. The number of rotatable bonds is 7. The first kappa shape index (κ1) is 16.7. The van der Waals surface area contributed by atoms with Gasteiger partial charge in [-0.25, -0.2) is 4.79 Å². The average Bonchev–Trinajstić information content (AvgIpc) is 2.43. The van der Waals surface area contributed by atoms with E-state index >= 15 is 0 Å². The van der Waals surface area contributed by atoms with Crippen LogP contribution in [0, 0.1) is 5.92 Å². The van der Waals surface area contributed by atoms with Gasteiger partial charge in [0.25, 0.3) is 0 Å². The number of carboxylic acids is 1. The lowest BCUT2D eigenvalue weighted by Gasteiger charge is -2.18. The van der Waals surface area contributed by atoms with Crippen LogP contribution in [0.2, 0.25) is 0 Å². The van der Waals surface area contributed by atoms with E-state index in [0.717, 1.165) is 0 Å². The molecule has 0 aliphatic heterocycles. The Morgan fingerprint density at radius 1 is 1.19 bits per heavy atom. The molecule has 1 aromatic carbocycles. The molecule has 0 spiro atoms. The minimum absolute atomic E-state index is 0.0344. The first-order chi connectivity index (χ1) is 9.93. The Morgan fingerprint density at radius 2 is 1.81 bits per heavy atom. The van der Waals surface area contributed by atoms with Crippen molar-refractivity contribution < 1.29 is 24.2 Å². The van der Waals surface area contributed by atoms with Gasteiger partial charge >= 0.3 is 11.9 Å². The molecular weight excluding hydrogens is 274 g/mol. The van der Waals surface area contributed by atoms with E-state index in [4.69, 9.17) is 5.11 Å². The molecule has 0 fully saturated rings. The van der Waals surface area contributed by atoms with Crippen molar-refractivity contribution in [1.29, 1.82) is 0 Å². The van der Waals surface area contributed by atoms with Crippen LogP contribution in [-0.2, 0) is 19.1 Å². The zero-order valence-corrected chi connectivity index (χ0v) is 12.0. The summed E-state index contributed by atoms with van der Waals surface area (Å²) >= 11 is 0. The maximum atomic E-state index is 11.9. The molecule has 0 saturated carbocycles. The van der Waals surface area contributed by atoms with Gasteiger partial charge in [0.1, 0.15) is 0 Å². The average molecular weight is 293 g/mol. The second kappa shape index (κ2) is 8.04. The molecule has 2 N–H and O–H groups in total. The number of hydrogen-bond donors (Lipinski definition) is 2. The van der Waals surface area contributed by atoms with E-state index in [1.165, 1.54) is 7.11 Å². The normalized spacial score (nSPS) is 13.0. The summed E-state index contributed by atoms with van der Waals surface area (Å²) in [5.41, 5.74) is 0.614. The fourth-order valence-electron chi connectivity index (χ4n) is 1.95. The third kappa shape index (κ3) is 5.64. The zero-order chi connectivity index (χ0) is 15.8. The summed E-state index contributed by atoms with van der Waals surface area (Å²) < 4.78 is 4.69. The first-order valence-electron chi connectivity index (χ1n) is 6.58. The van der Waals surface area contributed by atoms with Gasteiger partial charge in [0.2, 0.25) is 5.91 Å². The van der Waals surface area contributed by atoms with Gasteiger partial charge in [0.05, 0.1) is 7.11 Å². The molecule has 2 atom stereocenters. The molecule has 0 aliphatic carbocycles. The van der Waals surface area contributed by atoms with Gasteiger partial charge in [-0.1, -0.05) is 37.3 Å². The van der Waals surface area contributed by atoms with Crippen molar-refractivity contribution in [3.63, 3.8) is 0 Å². The highest BCUT2D eigenvalue weighted by Gasteiger charge is 2.24. The number of esters is 1. The van der Waals surface area contributed by atoms with Crippen molar-refractivity contribution in [2.45, 2.75) is 25.8 Å². The Labute approximate surface area is 123 Å². The van der Waals surface area contributed by atoms with Crippen LogP contribution in [0.25, 0.3) is 0 Å². The Morgan fingerprint density at radius 3 is 2.33 bits per heavy atom. The van der Waals surface area contributed by atoms with Gasteiger partial charge in [-0.2, -0.15) is 0 Å². The van der Waals surface area contributed by atoms with Crippen LogP contribution in [0.15, 0.2) is 30.3 Å². The SMILES string of the molecule is COC(=O)C(NC(=O)CC(C)CC(=O)O)c1ccccc1. The smallest absolute Gasteiger partial charge is 0.333 e. The molecule has 6 nitrogen and oxygen atoms in total. The Bertz CT molecular complexity index is 500. The van der Waals surface area contributed by atoms with Crippen molar-refractivity contribution in [2.24, 2.45) is 5.92 Å². The van der Waals surface area contributed by atoms with E-state index < -0.39 is 18.0 Å². The van der Waals surface area contributed by atoms with Crippen LogP contribution in [0.5, 0.6) is 0 Å². The van der Waals surface area contributed by atoms with E-state index in [-0.39, 0.29) is 24.7 Å². The fraction of sp³-hybridized carbons (Fsp3) is 0.400. The van der Waals surface area contributed by atoms with E-state index in [1.54, 1.807) is 37.3 Å². The summed E-state index contributed by atoms with van der Waals surface area (Å²) in [6.07, 6.45) is -0.0612. The van der Waals surface area contributed by atoms with Gasteiger partial charge in [-0.05, 0) is 11.5 Å². The number of carbonyl (C=O) groups excluding carboxylic acids is 2. The van der Waals surface area contributed by atoms with Crippen LogP contribution in [0.3, 0.4) is 0 Å². The number of amides is 1. The van der Waals surface area contributed by atoms with E-state index in [2.05, 4.69) is 10.1 Å². The second-order valence-corrected chi connectivity index (χ2v) is 4.84. The molecule has 0 bridgehead atoms. The van der Waals surface area contributed by atoms with Gasteiger partial charge in [-0.15, -0.1) is 0 Å². The highest BCUT2D eigenvalue weighted by atomic mass is 16.5. The summed E-state index contributed by atoms with van der Waals surface area (Å²) in [6, 6.07) is 7.84. The predicted octanol–water partition coefficient (Wildman–Crippen LogP) is 1.52. The molecule has 1 amide bonds. The fourth-order valence-corrected chi connectivity index (χ4v) is 1.95. The Kier molecular flexibility index (Phi) is 6.39. The third-order valence-corrected chi connectivity index (χ3v) is 2.93. The number of ether oxygens (including phenoxy) is 1. The van der Waals surface area contributed by atoms with Crippen LogP contribution >= 0.6 is 0 Å². The van der Waals surface area contributed by atoms with E-state index in [0.29, 0.717) is 5.56 Å². The highest BCUT2D eigenvalue weighted by Crippen LogP contribution is 2.15. The Balaban J connectivity index is 2.72. The highest BCUT2D eigenvalue weighted by molar-refractivity contribution is 5.85. The summed E-state index contributed by atoms with van der Waals surface area (Å²) in [6.45, 7) is 1.67. The number of nitrogens with one attached hydrogen (secondary N) is 1. The Hall–Kier alpha value is -2.37. The lowest BCUT2D eigenvalue weighted by Crippen LogP contribution is -2.35. The van der Waals surface area contributed by atoms with E-state index in [9.17, 15) is 14.4 Å². The molecule has 1 aromatic rings. The lowest BCUT2D eigenvalue weighted by atomic mass is 10.0. The quantitative estimate of drug-likeness (QED) is 0.743. The minimum atomic E-state index is -0.956. The molecule has 0 heterocycles. The molecule has 21 heavy (non-hydrogen) atoms. The van der Waals surface area contributed by atoms with Crippen molar-refractivity contribution >= 4 is 17.8 Å².